The fraction of sp³-hybridized carbons (Fsp3) is 0.240. The molecule has 1 atom stereocenters. The molecular formula is C25H24FN5O2S. The summed E-state index contributed by atoms with van der Waals surface area (Å²) in [7, 11) is 0. The molecule has 0 saturated carbocycles. The van der Waals surface area contributed by atoms with Crippen LogP contribution in [0.25, 0.3) is 22.2 Å². The molecule has 5 rings (SSSR count). The van der Waals surface area contributed by atoms with Crippen LogP contribution in [-0.4, -0.2) is 33.7 Å². The molecule has 1 unspecified atom stereocenters. The Morgan fingerprint density at radius 2 is 2.26 bits per heavy atom. The minimum absolute atomic E-state index is 0.299. The van der Waals surface area contributed by atoms with E-state index in [2.05, 4.69) is 26.8 Å². The van der Waals surface area contributed by atoms with Crippen LogP contribution in [0.3, 0.4) is 0 Å². The molecular weight excluding hydrogens is 453 g/mol. The molecule has 174 valence electrons. The van der Waals surface area contributed by atoms with Crippen molar-refractivity contribution in [2.24, 2.45) is 5.92 Å². The second kappa shape index (κ2) is 9.36. The first-order valence-corrected chi connectivity index (χ1v) is 11.8. The molecule has 0 aliphatic carbocycles. The summed E-state index contributed by atoms with van der Waals surface area (Å²) in [6.45, 7) is 7.78. The van der Waals surface area contributed by atoms with Gasteiger partial charge in [-0.25, -0.2) is 14.4 Å². The van der Waals surface area contributed by atoms with Gasteiger partial charge in [0.05, 0.1) is 17.8 Å². The molecule has 34 heavy (non-hydrogen) atoms. The Hall–Kier alpha value is -3.56. The second-order valence-corrected chi connectivity index (χ2v) is 9.51. The van der Waals surface area contributed by atoms with E-state index in [1.807, 2.05) is 25.3 Å². The first kappa shape index (κ1) is 22.2. The minimum atomic E-state index is -0.426. The van der Waals surface area contributed by atoms with E-state index in [0.717, 1.165) is 42.0 Å². The number of fused-ring (bicyclic) bond motifs is 1. The van der Waals surface area contributed by atoms with Crippen molar-refractivity contribution in [2.45, 2.75) is 19.9 Å². The molecule has 0 spiro atoms. The Bertz CT molecular complexity index is 1370. The van der Waals surface area contributed by atoms with E-state index >= 15 is 4.39 Å². The molecule has 7 nitrogen and oxygen atoms in total. The van der Waals surface area contributed by atoms with Crippen LogP contribution in [0.1, 0.15) is 11.3 Å². The predicted octanol–water partition coefficient (Wildman–Crippen LogP) is 5.51. The van der Waals surface area contributed by atoms with Crippen molar-refractivity contribution < 1.29 is 13.9 Å². The van der Waals surface area contributed by atoms with Gasteiger partial charge in [0.1, 0.15) is 11.6 Å². The number of nitrogens with one attached hydrogen (secondary N) is 2. The number of anilines is 3. The highest BCUT2D eigenvalue weighted by molar-refractivity contribution is 7.15. The zero-order valence-corrected chi connectivity index (χ0v) is 19.5. The van der Waals surface area contributed by atoms with Gasteiger partial charge in [-0.2, -0.15) is 0 Å². The van der Waals surface area contributed by atoms with Crippen molar-refractivity contribution in [1.29, 1.82) is 0 Å². The highest BCUT2D eigenvalue weighted by Gasteiger charge is 2.20. The molecule has 4 heterocycles. The molecule has 9 heteroatoms. The van der Waals surface area contributed by atoms with E-state index in [0.29, 0.717) is 33.8 Å². The summed E-state index contributed by atoms with van der Waals surface area (Å²) in [5.41, 5.74) is 2.19. The number of pyridine rings is 1. The van der Waals surface area contributed by atoms with E-state index in [1.165, 1.54) is 29.5 Å². The summed E-state index contributed by atoms with van der Waals surface area (Å²) in [6, 6.07) is 8.37. The van der Waals surface area contributed by atoms with E-state index in [9.17, 15) is 4.79 Å². The second-order valence-electron chi connectivity index (χ2n) is 8.28. The Morgan fingerprint density at radius 1 is 1.38 bits per heavy atom. The lowest BCUT2D eigenvalue weighted by molar-refractivity contribution is -0.111. The monoisotopic (exact) mass is 477 g/mol. The number of hydrogen-bond acceptors (Lipinski definition) is 6. The van der Waals surface area contributed by atoms with Crippen LogP contribution in [0.2, 0.25) is 0 Å². The highest BCUT2D eigenvalue weighted by Crippen LogP contribution is 2.35. The number of nitrogens with zero attached hydrogens (tertiary/aromatic N) is 3. The van der Waals surface area contributed by atoms with E-state index in [4.69, 9.17) is 9.72 Å². The molecule has 1 amide bonds. The third kappa shape index (κ3) is 4.57. The quantitative estimate of drug-likeness (QED) is 0.343. The summed E-state index contributed by atoms with van der Waals surface area (Å²) in [5, 5.41) is 7.50. The van der Waals surface area contributed by atoms with Crippen molar-refractivity contribution in [3.63, 3.8) is 0 Å². The fourth-order valence-corrected chi connectivity index (χ4v) is 4.79. The van der Waals surface area contributed by atoms with Gasteiger partial charge in [0.2, 0.25) is 5.91 Å². The number of benzene rings is 1. The number of carbonyl (C=O) groups excluding carboxylic acids is 1. The van der Waals surface area contributed by atoms with Crippen molar-refractivity contribution in [1.82, 2.24) is 14.5 Å². The number of hydrogen-bond donors (Lipinski definition) is 2. The van der Waals surface area contributed by atoms with Crippen molar-refractivity contribution in [3.05, 3.63) is 66.1 Å². The molecule has 4 aromatic rings. The van der Waals surface area contributed by atoms with Gasteiger partial charge in [0.25, 0.3) is 0 Å². The predicted molar refractivity (Wildman–Crippen MR) is 133 cm³/mol. The van der Waals surface area contributed by atoms with Crippen LogP contribution < -0.4 is 10.6 Å². The Morgan fingerprint density at radius 3 is 3.00 bits per heavy atom. The smallest absolute Gasteiger partial charge is 0.247 e. The van der Waals surface area contributed by atoms with Gasteiger partial charge in [-0.15, -0.1) is 11.3 Å². The average molecular weight is 478 g/mol. The van der Waals surface area contributed by atoms with Crippen LogP contribution in [0.4, 0.5) is 21.0 Å². The number of rotatable bonds is 7. The summed E-state index contributed by atoms with van der Waals surface area (Å²) in [6.07, 6.45) is 5.99. The number of ether oxygens (including phenoxy) is 1. The maximum absolute atomic E-state index is 15.1. The van der Waals surface area contributed by atoms with Gasteiger partial charge in [0, 0.05) is 59.0 Å². The van der Waals surface area contributed by atoms with Gasteiger partial charge in [0.15, 0.2) is 5.13 Å². The Balaban J connectivity index is 1.62. The van der Waals surface area contributed by atoms with E-state index in [-0.39, 0.29) is 5.91 Å². The lowest BCUT2D eigenvalue weighted by Crippen LogP contribution is -2.10. The maximum Gasteiger partial charge on any atom is 0.247 e. The van der Waals surface area contributed by atoms with Crippen LogP contribution in [0.15, 0.2) is 55.4 Å². The van der Waals surface area contributed by atoms with Gasteiger partial charge in [-0.05, 0) is 43.7 Å². The van der Waals surface area contributed by atoms with Crippen molar-refractivity contribution in [2.75, 3.05) is 23.8 Å². The standard InChI is InChI=1S/C25H24FN5O2S/c1-3-23(32)28-17-4-5-20(26)19(10-17)24-18-6-8-31(13-16-7-9-33-14-16)21(18)11-22(29-24)30-25-27-12-15(2)34-25/h3-6,8,10-12,16H,1,7,9,13-14H2,2H3,(H,28,32)(H,27,29,30). The summed E-state index contributed by atoms with van der Waals surface area (Å²) >= 11 is 1.52. The molecule has 2 N–H and O–H groups in total. The zero-order chi connectivity index (χ0) is 23.7. The number of aryl methyl sites for hydroxylation is 1. The Labute approximate surface area is 200 Å². The third-order valence-corrected chi connectivity index (χ3v) is 6.61. The van der Waals surface area contributed by atoms with Gasteiger partial charge in [-0.1, -0.05) is 6.58 Å². The lowest BCUT2D eigenvalue weighted by Gasteiger charge is -2.14. The zero-order valence-electron chi connectivity index (χ0n) is 18.7. The summed E-state index contributed by atoms with van der Waals surface area (Å²) in [4.78, 5) is 22.0. The molecule has 0 radical (unpaired) electrons. The molecule has 1 aliphatic rings. The topological polar surface area (TPSA) is 81.1 Å². The van der Waals surface area contributed by atoms with Crippen LogP contribution in [0.5, 0.6) is 0 Å². The lowest BCUT2D eigenvalue weighted by atomic mass is 10.1. The fourth-order valence-electron chi connectivity index (χ4n) is 4.12. The average Bonchev–Trinajstić information content (AvgIpc) is 3.58. The van der Waals surface area contributed by atoms with Crippen LogP contribution in [-0.2, 0) is 16.1 Å². The first-order valence-electron chi connectivity index (χ1n) is 11.0. The normalized spacial score (nSPS) is 15.5. The summed E-state index contributed by atoms with van der Waals surface area (Å²) in [5.74, 6) is 0.207. The first-order chi connectivity index (χ1) is 16.5. The van der Waals surface area contributed by atoms with Crippen LogP contribution >= 0.6 is 11.3 Å². The Kier molecular flexibility index (Phi) is 6.12. The number of thiazole rings is 1. The van der Waals surface area contributed by atoms with Crippen LogP contribution in [0, 0.1) is 18.7 Å². The number of halogens is 1. The number of aromatic nitrogens is 3. The van der Waals surface area contributed by atoms with Gasteiger partial charge >= 0.3 is 0 Å². The molecule has 3 aromatic heterocycles. The molecule has 1 aliphatic heterocycles. The molecule has 1 fully saturated rings. The number of amides is 1. The SMILES string of the molecule is C=CC(=O)Nc1ccc(F)c(-c2nc(Nc3ncc(C)s3)cc3c2ccn3CC2CCOC2)c1. The molecule has 1 aromatic carbocycles. The molecule has 0 bridgehead atoms. The maximum atomic E-state index is 15.1. The number of carbonyl (C=O) groups is 1. The third-order valence-electron chi connectivity index (χ3n) is 5.78. The highest BCUT2D eigenvalue weighted by atomic mass is 32.1. The van der Waals surface area contributed by atoms with E-state index in [1.54, 1.807) is 12.3 Å². The minimum Gasteiger partial charge on any atom is -0.381 e. The molecule has 1 saturated heterocycles. The largest absolute Gasteiger partial charge is 0.381 e. The van der Waals surface area contributed by atoms with Crippen molar-refractivity contribution >= 4 is 44.8 Å². The van der Waals surface area contributed by atoms with Gasteiger partial charge < -0.3 is 19.9 Å². The van der Waals surface area contributed by atoms with Crippen molar-refractivity contribution in [3.8, 4) is 11.3 Å². The summed E-state index contributed by atoms with van der Waals surface area (Å²) < 4.78 is 22.8. The van der Waals surface area contributed by atoms with E-state index < -0.39 is 5.82 Å². The van der Waals surface area contributed by atoms with Gasteiger partial charge in [-0.3, -0.25) is 4.79 Å².